The predicted octanol–water partition coefficient (Wildman–Crippen LogP) is 1.61. The van der Waals surface area contributed by atoms with Crippen LogP contribution in [0.1, 0.15) is 13.3 Å². The maximum Gasteiger partial charge on any atom is 0.259 e. The summed E-state index contributed by atoms with van der Waals surface area (Å²) in [4.78, 5) is 23.0. The lowest BCUT2D eigenvalue weighted by Crippen LogP contribution is -2.46. The number of β-amino-alcohol motifs (C(OH)–C–C–N with tert-alkyl or cyclic N) is 1. The third kappa shape index (κ3) is 4.24. The third-order valence-electron chi connectivity index (χ3n) is 4.94. The van der Waals surface area contributed by atoms with Gasteiger partial charge in [0, 0.05) is 54.9 Å². The van der Waals surface area contributed by atoms with Crippen LogP contribution in [0.15, 0.2) is 35.6 Å². The molecule has 146 valence electrons. The lowest BCUT2D eigenvalue weighted by Gasteiger charge is -2.28. The van der Waals surface area contributed by atoms with Crippen molar-refractivity contribution in [2.45, 2.75) is 31.5 Å². The van der Waals surface area contributed by atoms with Gasteiger partial charge in [0.2, 0.25) is 0 Å². The number of halogens is 1. The Labute approximate surface area is 168 Å². The summed E-state index contributed by atoms with van der Waals surface area (Å²) in [7, 11) is 0. The standard InChI is InChI=1S/C18H23N5O2S.ClH/c1-11(14-8-12(24)9-21-14)22-18(25)16-10-23(6-7-26-16)15-3-5-20-17-13(15)2-4-19-17;/h2-5,10-12,14,21,24H,6-9H2,1H3,(H,19,20)(H,22,25);1H/t11?,12-,14-;/m0./s1. The number of aromatic nitrogens is 2. The van der Waals surface area contributed by atoms with E-state index in [9.17, 15) is 9.90 Å². The summed E-state index contributed by atoms with van der Waals surface area (Å²) in [6.45, 7) is 3.41. The van der Waals surface area contributed by atoms with E-state index in [2.05, 4.69) is 25.5 Å². The molecule has 0 saturated carbocycles. The van der Waals surface area contributed by atoms with Crippen LogP contribution in [0, 0.1) is 0 Å². The number of hydrogen-bond acceptors (Lipinski definition) is 6. The van der Waals surface area contributed by atoms with Crippen LogP contribution >= 0.6 is 24.2 Å². The van der Waals surface area contributed by atoms with Crippen LogP contribution in [0.25, 0.3) is 11.0 Å². The van der Waals surface area contributed by atoms with Crippen molar-refractivity contribution in [2.24, 2.45) is 0 Å². The number of aliphatic hydroxyl groups excluding tert-OH is 1. The summed E-state index contributed by atoms with van der Waals surface area (Å²) < 4.78 is 0. The van der Waals surface area contributed by atoms with E-state index in [1.165, 1.54) is 0 Å². The second-order valence-electron chi connectivity index (χ2n) is 6.77. The van der Waals surface area contributed by atoms with E-state index >= 15 is 0 Å². The zero-order valence-corrected chi connectivity index (χ0v) is 16.6. The molecule has 7 nitrogen and oxygen atoms in total. The molecule has 2 aromatic heterocycles. The normalized spacial score (nSPS) is 23.6. The van der Waals surface area contributed by atoms with Crippen molar-refractivity contribution in [3.05, 3.63) is 35.6 Å². The van der Waals surface area contributed by atoms with Gasteiger partial charge in [0.25, 0.3) is 5.91 Å². The van der Waals surface area contributed by atoms with Gasteiger partial charge in [0.1, 0.15) is 5.65 Å². The fraction of sp³-hybridized carbons (Fsp3) is 0.444. The summed E-state index contributed by atoms with van der Waals surface area (Å²) >= 11 is 1.58. The highest BCUT2D eigenvalue weighted by Crippen LogP contribution is 2.30. The molecule has 0 aromatic carbocycles. The minimum Gasteiger partial charge on any atom is -0.392 e. The van der Waals surface area contributed by atoms with E-state index in [1.807, 2.05) is 31.5 Å². The zero-order chi connectivity index (χ0) is 18.1. The lowest BCUT2D eigenvalue weighted by molar-refractivity contribution is -0.117. The molecule has 4 heterocycles. The van der Waals surface area contributed by atoms with E-state index in [-0.39, 0.29) is 36.5 Å². The van der Waals surface area contributed by atoms with Crippen molar-refractivity contribution in [1.29, 1.82) is 0 Å². The Hall–Kier alpha value is -1.74. The van der Waals surface area contributed by atoms with Crippen LogP contribution in [0.2, 0.25) is 0 Å². The molecule has 9 heteroatoms. The van der Waals surface area contributed by atoms with Crippen LogP contribution in [-0.4, -0.2) is 58.0 Å². The topological polar surface area (TPSA) is 93.3 Å². The highest BCUT2D eigenvalue weighted by Gasteiger charge is 2.29. The Morgan fingerprint density at radius 3 is 3.11 bits per heavy atom. The van der Waals surface area contributed by atoms with E-state index < -0.39 is 0 Å². The molecule has 3 atom stereocenters. The molecule has 1 fully saturated rings. The number of carbonyl (C=O) groups excluding carboxylic acids is 1. The van der Waals surface area contributed by atoms with Crippen LogP contribution in [-0.2, 0) is 4.79 Å². The van der Waals surface area contributed by atoms with Gasteiger partial charge in [-0.2, -0.15) is 0 Å². The first-order chi connectivity index (χ1) is 12.6. The van der Waals surface area contributed by atoms with Crippen LogP contribution in [0.4, 0.5) is 5.69 Å². The number of thioether (sulfide) groups is 1. The van der Waals surface area contributed by atoms with Gasteiger partial charge >= 0.3 is 0 Å². The molecule has 4 rings (SSSR count). The smallest absolute Gasteiger partial charge is 0.259 e. The van der Waals surface area contributed by atoms with Gasteiger partial charge < -0.3 is 25.6 Å². The van der Waals surface area contributed by atoms with E-state index in [4.69, 9.17) is 0 Å². The van der Waals surface area contributed by atoms with Crippen molar-refractivity contribution in [2.75, 3.05) is 23.7 Å². The second kappa shape index (κ2) is 8.52. The Morgan fingerprint density at radius 2 is 2.33 bits per heavy atom. The average Bonchev–Trinajstić information content (AvgIpc) is 3.30. The SMILES string of the molecule is CC(NC(=O)C1=CN(c2ccnc3[nH]ccc23)CCS1)[C@@H]1C[C@H](O)CN1.Cl. The minimum absolute atomic E-state index is 0. The quantitative estimate of drug-likeness (QED) is 0.613. The second-order valence-corrected chi connectivity index (χ2v) is 7.91. The first-order valence-corrected chi connectivity index (χ1v) is 9.86. The van der Waals surface area contributed by atoms with Crippen molar-refractivity contribution < 1.29 is 9.90 Å². The molecule has 0 bridgehead atoms. The number of fused-ring (bicyclic) bond motifs is 1. The number of H-pyrrole nitrogens is 1. The minimum atomic E-state index is -0.325. The highest BCUT2D eigenvalue weighted by atomic mass is 35.5. The first kappa shape index (κ1) is 20.0. The van der Waals surface area contributed by atoms with Gasteiger partial charge in [-0.25, -0.2) is 4.98 Å². The zero-order valence-electron chi connectivity index (χ0n) is 15.0. The van der Waals surface area contributed by atoms with Crippen molar-refractivity contribution in [3.8, 4) is 0 Å². The van der Waals surface area contributed by atoms with Gasteiger partial charge in [0.05, 0.1) is 16.7 Å². The molecule has 4 N–H and O–H groups in total. The Balaban J connectivity index is 0.00000210. The Bertz CT molecular complexity index is 842. The van der Waals surface area contributed by atoms with Gasteiger partial charge in [0.15, 0.2) is 0 Å². The number of pyridine rings is 1. The molecule has 1 amide bonds. The Kier molecular flexibility index (Phi) is 6.31. The molecule has 2 aliphatic heterocycles. The summed E-state index contributed by atoms with van der Waals surface area (Å²) in [6, 6.07) is 4.06. The van der Waals surface area contributed by atoms with Crippen molar-refractivity contribution >= 4 is 46.8 Å². The third-order valence-corrected chi connectivity index (χ3v) is 5.93. The molecule has 0 radical (unpaired) electrons. The molecule has 1 saturated heterocycles. The average molecular weight is 410 g/mol. The number of hydrogen-bond donors (Lipinski definition) is 4. The molecule has 2 aliphatic rings. The van der Waals surface area contributed by atoms with Crippen molar-refractivity contribution in [3.63, 3.8) is 0 Å². The van der Waals surface area contributed by atoms with Crippen LogP contribution in [0.5, 0.6) is 0 Å². The molecular formula is C18H24ClN5O2S. The maximum absolute atomic E-state index is 12.7. The number of aromatic amines is 1. The van der Waals surface area contributed by atoms with Gasteiger partial charge in [-0.3, -0.25) is 4.79 Å². The molecule has 0 aliphatic carbocycles. The van der Waals surface area contributed by atoms with Gasteiger partial charge in [-0.05, 0) is 25.5 Å². The van der Waals surface area contributed by atoms with Crippen LogP contribution < -0.4 is 15.5 Å². The van der Waals surface area contributed by atoms with Crippen LogP contribution in [0.3, 0.4) is 0 Å². The number of carbonyl (C=O) groups is 1. The molecule has 1 unspecified atom stereocenters. The van der Waals surface area contributed by atoms with E-state index in [1.54, 1.807) is 18.0 Å². The maximum atomic E-state index is 12.7. The summed E-state index contributed by atoms with van der Waals surface area (Å²) in [5.41, 5.74) is 1.90. The number of nitrogens with zero attached hydrogens (tertiary/aromatic N) is 2. The highest BCUT2D eigenvalue weighted by molar-refractivity contribution is 8.04. The Morgan fingerprint density at radius 1 is 1.48 bits per heavy atom. The number of amides is 1. The molecule has 27 heavy (non-hydrogen) atoms. The van der Waals surface area contributed by atoms with E-state index in [0.717, 1.165) is 29.0 Å². The summed E-state index contributed by atoms with van der Waals surface area (Å²) in [6.07, 6.45) is 5.93. The molecule has 2 aromatic rings. The lowest BCUT2D eigenvalue weighted by atomic mass is 10.1. The summed E-state index contributed by atoms with van der Waals surface area (Å²) in [5.74, 6) is 0.789. The number of anilines is 1. The fourth-order valence-electron chi connectivity index (χ4n) is 3.51. The molecular weight excluding hydrogens is 386 g/mol. The number of aliphatic hydroxyl groups is 1. The fourth-order valence-corrected chi connectivity index (χ4v) is 4.41. The number of rotatable bonds is 4. The van der Waals surface area contributed by atoms with Crippen molar-refractivity contribution in [1.82, 2.24) is 20.6 Å². The summed E-state index contributed by atoms with van der Waals surface area (Å²) in [5, 5.41) is 17.0. The monoisotopic (exact) mass is 409 g/mol. The van der Waals surface area contributed by atoms with E-state index in [0.29, 0.717) is 17.9 Å². The molecule has 0 spiro atoms. The largest absolute Gasteiger partial charge is 0.392 e. The first-order valence-electron chi connectivity index (χ1n) is 8.87. The number of nitrogens with one attached hydrogen (secondary N) is 3. The van der Waals surface area contributed by atoms with Gasteiger partial charge in [-0.1, -0.05) is 0 Å². The van der Waals surface area contributed by atoms with Gasteiger partial charge in [-0.15, -0.1) is 24.2 Å². The predicted molar refractivity (Wildman–Crippen MR) is 111 cm³/mol.